The highest BCUT2D eigenvalue weighted by atomic mass is 16.6. The summed E-state index contributed by atoms with van der Waals surface area (Å²) in [4.78, 5) is 25.2. The smallest absolute Gasteiger partial charge is 0.330 e. The molecule has 0 saturated carbocycles. The molecule has 0 spiro atoms. The summed E-state index contributed by atoms with van der Waals surface area (Å²) < 4.78 is 12.0. The van der Waals surface area contributed by atoms with Gasteiger partial charge < -0.3 is 14.6 Å². The Bertz CT molecular complexity index is 543. The van der Waals surface area contributed by atoms with Gasteiger partial charge in [-0.25, -0.2) is 4.79 Å². The highest BCUT2D eigenvalue weighted by Crippen LogP contribution is 2.32. The molecule has 7 nitrogen and oxygen atoms in total. The zero-order valence-corrected chi connectivity index (χ0v) is 10.3. The second kappa shape index (κ2) is 4.68. The number of hydrogen-bond donors (Lipinski definition) is 2. The van der Waals surface area contributed by atoms with Crippen LogP contribution in [-0.2, 0) is 9.47 Å². The van der Waals surface area contributed by atoms with E-state index in [-0.39, 0.29) is 13.2 Å². The maximum atomic E-state index is 11.7. The van der Waals surface area contributed by atoms with Gasteiger partial charge in [-0.05, 0) is 6.92 Å². The Morgan fingerprint density at radius 2 is 2.39 bits per heavy atom. The van der Waals surface area contributed by atoms with Crippen molar-refractivity contribution in [2.45, 2.75) is 25.2 Å². The summed E-state index contributed by atoms with van der Waals surface area (Å²) in [5.74, 6) is 0. The zero-order valence-electron chi connectivity index (χ0n) is 10.3. The number of hydrogen-bond acceptors (Lipinski definition) is 5. The summed E-state index contributed by atoms with van der Waals surface area (Å²) >= 11 is 0. The lowest BCUT2D eigenvalue weighted by molar-refractivity contribution is -0.0557. The number of nitrogens with zero attached hydrogens (tertiary/aromatic N) is 1. The Balaban J connectivity index is 2.33. The molecule has 2 N–H and O–H groups in total. The highest BCUT2D eigenvalue weighted by molar-refractivity contribution is 5.02. The van der Waals surface area contributed by atoms with E-state index in [1.54, 1.807) is 6.92 Å². The van der Waals surface area contributed by atoms with E-state index in [9.17, 15) is 14.7 Å². The Hall–Kier alpha value is -1.44. The van der Waals surface area contributed by atoms with Crippen molar-refractivity contribution in [3.63, 3.8) is 0 Å². The summed E-state index contributed by atoms with van der Waals surface area (Å²) in [6, 6.07) is 0. The Morgan fingerprint density at radius 1 is 1.67 bits per heavy atom. The number of aromatic amines is 1. The monoisotopic (exact) mass is 256 g/mol. The first-order chi connectivity index (χ1) is 8.51. The van der Waals surface area contributed by atoms with Crippen molar-refractivity contribution in [2.75, 3.05) is 20.3 Å². The molecular weight excluding hydrogens is 240 g/mol. The van der Waals surface area contributed by atoms with E-state index in [4.69, 9.17) is 9.47 Å². The van der Waals surface area contributed by atoms with Gasteiger partial charge in [0.05, 0.1) is 13.2 Å². The van der Waals surface area contributed by atoms with Crippen molar-refractivity contribution in [2.24, 2.45) is 0 Å². The summed E-state index contributed by atoms with van der Waals surface area (Å²) in [5.41, 5.74) is -1.29. The van der Waals surface area contributed by atoms with Crippen molar-refractivity contribution in [1.29, 1.82) is 0 Å². The first-order valence-corrected chi connectivity index (χ1v) is 5.61. The molecular formula is C11H16N2O5. The molecule has 0 unspecified atom stereocenters. The number of aryl methyl sites for hydroxylation is 1. The Labute approximate surface area is 103 Å². The molecule has 2 rings (SSSR count). The molecule has 2 heterocycles. The molecule has 1 aliphatic rings. The van der Waals surface area contributed by atoms with Crippen LogP contribution in [0.3, 0.4) is 0 Å². The lowest BCUT2D eigenvalue weighted by atomic mass is 10.0. The number of aromatic nitrogens is 2. The van der Waals surface area contributed by atoms with Gasteiger partial charge >= 0.3 is 5.69 Å². The first kappa shape index (κ1) is 13.0. The van der Waals surface area contributed by atoms with Gasteiger partial charge in [-0.1, -0.05) is 0 Å². The lowest BCUT2D eigenvalue weighted by Crippen LogP contribution is -2.37. The van der Waals surface area contributed by atoms with E-state index in [0.29, 0.717) is 12.0 Å². The molecule has 1 aromatic rings. The second-order valence-corrected chi connectivity index (χ2v) is 4.49. The van der Waals surface area contributed by atoms with Gasteiger partial charge in [-0.15, -0.1) is 0 Å². The molecule has 0 aromatic carbocycles. The summed E-state index contributed by atoms with van der Waals surface area (Å²) in [5, 5.41) is 9.30. The third kappa shape index (κ3) is 2.12. The van der Waals surface area contributed by atoms with Crippen LogP contribution >= 0.6 is 0 Å². The van der Waals surface area contributed by atoms with Crippen molar-refractivity contribution in [3.05, 3.63) is 32.6 Å². The Kier molecular flexibility index (Phi) is 3.38. The molecule has 1 aliphatic heterocycles. The third-order valence-electron chi connectivity index (χ3n) is 3.26. The van der Waals surface area contributed by atoms with Crippen LogP contribution < -0.4 is 11.2 Å². The highest BCUT2D eigenvalue weighted by Gasteiger charge is 2.41. The molecule has 2 atom stereocenters. The third-order valence-corrected chi connectivity index (χ3v) is 3.26. The largest absolute Gasteiger partial charge is 0.393 e. The van der Waals surface area contributed by atoms with Crippen LogP contribution in [0.1, 0.15) is 18.2 Å². The average Bonchev–Trinajstić information content (AvgIpc) is 2.79. The molecule has 100 valence electrons. The second-order valence-electron chi connectivity index (χ2n) is 4.49. The molecule has 1 fully saturated rings. The molecule has 18 heavy (non-hydrogen) atoms. The molecule has 1 saturated heterocycles. The minimum Gasteiger partial charge on any atom is -0.393 e. The van der Waals surface area contributed by atoms with E-state index in [2.05, 4.69) is 4.98 Å². The predicted molar refractivity (Wildman–Crippen MR) is 62.5 cm³/mol. The fourth-order valence-corrected chi connectivity index (χ4v) is 1.98. The molecule has 0 amide bonds. The van der Waals surface area contributed by atoms with Crippen LogP contribution in [0.25, 0.3) is 0 Å². The van der Waals surface area contributed by atoms with E-state index < -0.39 is 23.1 Å². The molecule has 7 heteroatoms. The van der Waals surface area contributed by atoms with E-state index in [1.165, 1.54) is 17.9 Å². The van der Waals surface area contributed by atoms with Gasteiger partial charge in [0.2, 0.25) is 0 Å². The summed E-state index contributed by atoms with van der Waals surface area (Å²) in [6.07, 6.45) is 1.26. The SMILES string of the molecule is CO[C@@]1(CO)CO[C@H](n2cc(C)c(=O)[nH]c2=O)C1. The van der Waals surface area contributed by atoms with E-state index >= 15 is 0 Å². The normalized spacial score (nSPS) is 27.6. The van der Waals surface area contributed by atoms with Gasteiger partial charge in [0.25, 0.3) is 5.56 Å². The van der Waals surface area contributed by atoms with Crippen LogP contribution in [0, 0.1) is 6.92 Å². The number of rotatable bonds is 3. The number of ether oxygens (including phenoxy) is 2. The molecule has 0 bridgehead atoms. The fraction of sp³-hybridized carbons (Fsp3) is 0.636. The van der Waals surface area contributed by atoms with Crippen LogP contribution in [0.4, 0.5) is 0 Å². The van der Waals surface area contributed by atoms with Gasteiger partial charge in [-0.2, -0.15) is 0 Å². The standard InChI is InChI=1S/C11H16N2O5/c1-7-4-13(10(16)12-9(7)15)8-3-11(5-14,17-2)6-18-8/h4,8,14H,3,5-6H2,1-2H3,(H,12,15,16)/t8-,11-/m0/s1. The average molecular weight is 256 g/mol. The minimum atomic E-state index is -0.784. The van der Waals surface area contributed by atoms with Crippen LogP contribution in [0.2, 0.25) is 0 Å². The van der Waals surface area contributed by atoms with Crippen LogP contribution in [0.15, 0.2) is 15.8 Å². The number of H-pyrrole nitrogens is 1. The van der Waals surface area contributed by atoms with Gasteiger partial charge in [0.15, 0.2) is 0 Å². The van der Waals surface area contributed by atoms with E-state index in [0.717, 1.165) is 0 Å². The van der Waals surface area contributed by atoms with Gasteiger partial charge in [-0.3, -0.25) is 14.3 Å². The summed E-state index contributed by atoms with van der Waals surface area (Å²) in [6.45, 7) is 1.63. The quantitative estimate of drug-likeness (QED) is 0.734. The van der Waals surface area contributed by atoms with Crippen molar-refractivity contribution >= 4 is 0 Å². The molecule has 0 aliphatic carbocycles. The summed E-state index contributed by atoms with van der Waals surface area (Å²) in [7, 11) is 1.49. The topological polar surface area (TPSA) is 93.5 Å². The van der Waals surface area contributed by atoms with Crippen LogP contribution in [0.5, 0.6) is 0 Å². The number of aliphatic hydroxyl groups excluding tert-OH is 1. The number of methoxy groups -OCH3 is 1. The first-order valence-electron chi connectivity index (χ1n) is 5.61. The number of nitrogens with one attached hydrogen (secondary N) is 1. The predicted octanol–water partition coefficient (Wildman–Crippen LogP) is -0.859. The van der Waals surface area contributed by atoms with Crippen LogP contribution in [-0.4, -0.2) is 40.6 Å². The van der Waals surface area contributed by atoms with Crippen molar-refractivity contribution in [1.82, 2.24) is 9.55 Å². The van der Waals surface area contributed by atoms with E-state index in [1.807, 2.05) is 0 Å². The zero-order chi connectivity index (χ0) is 13.3. The lowest BCUT2D eigenvalue weighted by Gasteiger charge is -2.22. The molecule has 0 radical (unpaired) electrons. The van der Waals surface area contributed by atoms with Gasteiger partial charge in [0, 0.05) is 25.3 Å². The minimum absolute atomic E-state index is 0.183. The Morgan fingerprint density at radius 3 is 2.94 bits per heavy atom. The van der Waals surface area contributed by atoms with Crippen molar-refractivity contribution in [3.8, 4) is 0 Å². The van der Waals surface area contributed by atoms with Crippen molar-refractivity contribution < 1.29 is 14.6 Å². The fourth-order valence-electron chi connectivity index (χ4n) is 1.98. The number of aliphatic hydroxyl groups is 1. The maximum Gasteiger partial charge on any atom is 0.330 e. The van der Waals surface area contributed by atoms with Gasteiger partial charge in [0.1, 0.15) is 11.8 Å². The maximum absolute atomic E-state index is 11.7. The molecule has 1 aromatic heterocycles.